The number of benzene rings is 2. The predicted octanol–water partition coefficient (Wildman–Crippen LogP) is 4.29. The fraction of sp³-hybridized carbons (Fsp3) is 0.188. The molecule has 0 spiro atoms. The number of ether oxygens (including phenoxy) is 1. The molecule has 0 aromatic heterocycles. The van der Waals surface area contributed by atoms with E-state index in [1.54, 1.807) is 37.3 Å². The molecular weight excluding hydrogens is 270 g/mol. The molecule has 2 rings (SSSR count). The van der Waals surface area contributed by atoms with E-state index < -0.39 is 4.92 Å². The SMILES string of the molecule is CCC(=O)c1ccc(Oc2cc([N+](=O)[O-])ccc2C)cc1. The summed E-state index contributed by atoms with van der Waals surface area (Å²) >= 11 is 0. The fourth-order valence-corrected chi connectivity index (χ4v) is 1.85. The highest BCUT2D eigenvalue weighted by atomic mass is 16.6. The number of aryl methyl sites for hydroxylation is 1. The Morgan fingerprint density at radius 2 is 1.86 bits per heavy atom. The Morgan fingerprint density at radius 3 is 2.43 bits per heavy atom. The van der Waals surface area contributed by atoms with Crippen LogP contribution in [0, 0.1) is 17.0 Å². The molecule has 0 saturated carbocycles. The van der Waals surface area contributed by atoms with Crippen molar-refractivity contribution in [2.75, 3.05) is 0 Å². The Bertz CT molecular complexity index is 677. The van der Waals surface area contributed by atoms with E-state index in [1.165, 1.54) is 12.1 Å². The fourth-order valence-electron chi connectivity index (χ4n) is 1.85. The second-order valence-electron chi connectivity index (χ2n) is 4.61. The van der Waals surface area contributed by atoms with Crippen LogP contribution in [-0.4, -0.2) is 10.7 Å². The van der Waals surface area contributed by atoms with E-state index in [2.05, 4.69) is 0 Å². The Labute approximate surface area is 122 Å². The molecule has 0 aliphatic rings. The molecular formula is C16H15NO4. The van der Waals surface area contributed by atoms with E-state index in [0.717, 1.165) is 5.56 Å². The van der Waals surface area contributed by atoms with E-state index in [9.17, 15) is 14.9 Å². The number of carbonyl (C=O) groups excluding carboxylic acids is 1. The van der Waals surface area contributed by atoms with E-state index in [1.807, 2.05) is 6.92 Å². The quantitative estimate of drug-likeness (QED) is 0.467. The van der Waals surface area contributed by atoms with Crippen LogP contribution in [0.1, 0.15) is 29.3 Å². The van der Waals surface area contributed by atoms with E-state index in [0.29, 0.717) is 23.5 Å². The van der Waals surface area contributed by atoms with Gasteiger partial charge in [0.1, 0.15) is 11.5 Å². The van der Waals surface area contributed by atoms with Crippen molar-refractivity contribution in [2.24, 2.45) is 0 Å². The van der Waals surface area contributed by atoms with Crippen LogP contribution in [0.15, 0.2) is 42.5 Å². The van der Waals surface area contributed by atoms with Gasteiger partial charge in [0, 0.05) is 18.1 Å². The monoisotopic (exact) mass is 285 g/mol. The number of Topliss-reactive ketones (excluding diaryl/α,β-unsaturated/α-hetero) is 1. The summed E-state index contributed by atoms with van der Waals surface area (Å²) in [6, 6.07) is 11.2. The molecule has 5 nitrogen and oxygen atoms in total. The highest BCUT2D eigenvalue weighted by Crippen LogP contribution is 2.29. The van der Waals surface area contributed by atoms with Crippen LogP contribution in [0.5, 0.6) is 11.5 Å². The van der Waals surface area contributed by atoms with Crippen molar-refractivity contribution in [1.29, 1.82) is 0 Å². The maximum atomic E-state index is 11.5. The number of ketones is 1. The van der Waals surface area contributed by atoms with Gasteiger partial charge in [0.2, 0.25) is 0 Å². The minimum absolute atomic E-state index is 0.0200. The summed E-state index contributed by atoms with van der Waals surface area (Å²) < 4.78 is 5.65. The largest absolute Gasteiger partial charge is 0.457 e. The number of nitrogens with zero attached hydrogens (tertiary/aromatic N) is 1. The number of nitro groups is 1. The molecule has 0 bridgehead atoms. The molecule has 0 fully saturated rings. The molecule has 0 radical (unpaired) electrons. The smallest absolute Gasteiger partial charge is 0.273 e. The van der Waals surface area contributed by atoms with Crippen LogP contribution in [0.3, 0.4) is 0 Å². The lowest BCUT2D eigenvalue weighted by atomic mass is 10.1. The molecule has 2 aromatic carbocycles. The first-order chi connectivity index (χ1) is 10.0. The van der Waals surface area contributed by atoms with Crippen molar-refractivity contribution in [3.63, 3.8) is 0 Å². The van der Waals surface area contributed by atoms with E-state index in [4.69, 9.17) is 4.74 Å². The highest BCUT2D eigenvalue weighted by molar-refractivity contribution is 5.95. The van der Waals surface area contributed by atoms with Gasteiger partial charge in [0.05, 0.1) is 11.0 Å². The minimum Gasteiger partial charge on any atom is -0.457 e. The van der Waals surface area contributed by atoms with Crippen molar-refractivity contribution < 1.29 is 14.5 Å². The van der Waals surface area contributed by atoms with Gasteiger partial charge in [-0.05, 0) is 42.8 Å². The standard InChI is InChI=1S/C16H15NO4/c1-3-15(18)12-5-8-14(9-6-12)21-16-10-13(17(19)20)7-4-11(16)2/h4-10H,3H2,1-2H3. The molecule has 0 heterocycles. The summed E-state index contributed by atoms with van der Waals surface area (Å²) in [5.74, 6) is 1.03. The number of hydrogen-bond acceptors (Lipinski definition) is 4. The molecule has 5 heteroatoms. The molecule has 0 N–H and O–H groups in total. The average molecular weight is 285 g/mol. The number of nitro benzene ring substituents is 1. The molecule has 0 aliphatic carbocycles. The summed E-state index contributed by atoms with van der Waals surface area (Å²) in [6.45, 7) is 3.62. The van der Waals surface area contributed by atoms with Gasteiger partial charge < -0.3 is 4.74 Å². The van der Waals surface area contributed by atoms with Gasteiger partial charge in [-0.15, -0.1) is 0 Å². The molecule has 2 aromatic rings. The zero-order valence-corrected chi connectivity index (χ0v) is 11.8. The van der Waals surface area contributed by atoms with Gasteiger partial charge in [-0.3, -0.25) is 14.9 Å². The number of rotatable bonds is 5. The zero-order valence-electron chi connectivity index (χ0n) is 11.8. The van der Waals surface area contributed by atoms with Gasteiger partial charge in [-0.2, -0.15) is 0 Å². The lowest BCUT2D eigenvalue weighted by molar-refractivity contribution is -0.384. The van der Waals surface area contributed by atoms with Crippen LogP contribution in [0.25, 0.3) is 0 Å². The minimum atomic E-state index is -0.463. The zero-order chi connectivity index (χ0) is 15.4. The second-order valence-corrected chi connectivity index (χ2v) is 4.61. The third-order valence-corrected chi connectivity index (χ3v) is 3.11. The van der Waals surface area contributed by atoms with Crippen LogP contribution < -0.4 is 4.74 Å². The van der Waals surface area contributed by atoms with Gasteiger partial charge in [-0.25, -0.2) is 0 Å². The summed E-state index contributed by atoms with van der Waals surface area (Å²) in [5, 5.41) is 10.8. The van der Waals surface area contributed by atoms with E-state index >= 15 is 0 Å². The molecule has 0 aliphatic heterocycles. The van der Waals surface area contributed by atoms with Gasteiger partial charge in [-0.1, -0.05) is 6.92 Å². The predicted molar refractivity (Wildman–Crippen MR) is 79.0 cm³/mol. The van der Waals surface area contributed by atoms with Crippen molar-refractivity contribution in [2.45, 2.75) is 20.3 Å². The summed E-state index contributed by atoms with van der Waals surface area (Å²) in [6.07, 6.45) is 0.449. The number of non-ortho nitro benzene ring substituents is 1. The second kappa shape index (κ2) is 6.17. The number of hydrogen-bond donors (Lipinski definition) is 0. The maximum Gasteiger partial charge on any atom is 0.273 e. The van der Waals surface area contributed by atoms with Gasteiger partial charge in [0.15, 0.2) is 5.78 Å². The third kappa shape index (κ3) is 3.45. The molecule has 0 amide bonds. The van der Waals surface area contributed by atoms with E-state index in [-0.39, 0.29) is 11.5 Å². The molecule has 0 saturated heterocycles. The van der Waals surface area contributed by atoms with Crippen molar-refractivity contribution in [1.82, 2.24) is 0 Å². The van der Waals surface area contributed by atoms with Gasteiger partial charge >= 0.3 is 0 Å². The normalized spacial score (nSPS) is 10.2. The Kier molecular flexibility index (Phi) is 4.33. The molecule has 21 heavy (non-hydrogen) atoms. The highest BCUT2D eigenvalue weighted by Gasteiger charge is 2.10. The van der Waals surface area contributed by atoms with Crippen molar-refractivity contribution >= 4 is 11.5 Å². The average Bonchev–Trinajstić information content (AvgIpc) is 2.49. The van der Waals surface area contributed by atoms with Crippen LogP contribution in [0.2, 0.25) is 0 Å². The van der Waals surface area contributed by atoms with Crippen molar-refractivity contribution in [3.05, 3.63) is 63.7 Å². The third-order valence-electron chi connectivity index (χ3n) is 3.11. The topological polar surface area (TPSA) is 69.4 Å². The van der Waals surface area contributed by atoms with Crippen LogP contribution >= 0.6 is 0 Å². The molecule has 0 atom stereocenters. The summed E-state index contributed by atoms with van der Waals surface area (Å²) in [5.41, 5.74) is 1.41. The first-order valence-corrected chi connectivity index (χ1v) is 6.57. The molecule has 108 valence electrons. The number of carbonyl (C=O) groups is 1. The molecule has 0 unspecified atom stereocenters. The van der Waals surface area contributed by atoms with Crippen molar-refractivity contribution in [3.8, 4) is 11.5 Å². The van der Waals surface area contributed by atoms with Crippen LogP contribution in [0.4, 0.5) is 5.69 Å². The Balaban J connectivity index is 2.23. The Morgan fingerprint density at radius 1 is 1.19 bits per heavy atom. The maximum absolute atomic E-state index is 11.5. The Hall–Kier alpha value is -2.69. The lowest BCUT2D eigenvalue weighted by Gasteiger charge is -2.09. The lowest BCUT2D eigenvalue weighted by Crippen LogP contribution is -1.96. The summed E-state index contributed by atoms with van der Waals surface area (Å²) in [7, 11) is 0. The van der Waals surface area contributed by atoms with Gasteiger partial charge in [0.25, 0.3) is 5.69 Å². The first-order valence-electron chi connectivity index (χ1n) is 6.57. The first kappa shape index (κ1) is 14.7. The summed E-state index contributed by atoms with van der Waals surface area (Å²) in [4.78, 5) is 21.9. The van der Waals surface area contributed by atoms with Crippen LogP contribution in [-0.2, 0) is 0 Å².